The number of carbonyl (C=O) groups is 1. The molecule has 0 bridgehead atoms. The Kier molecular flexibility index (Phi) is 6.46. The van der Waals surface area contributed by atoms with Crippen LogP contribution >= 0.6 is 0 Å². The van der Waals surface area contributed by atoms with Crippen LogP contribution < -0.4 is 11.1 Å². The van der Waals surface area contributed by atoms with Crippen LogP contribution in [-0.2, 0) is 11.3 Å². The number of carboxylic acid groups (broad SMARTS) is 1. The molecule has 3 aromatic rings. The number of anilines is 2. The molecule has 0 spiro atoms. The van der Waals surface area contributed by atoms with E-state index in [1.54, 1.807) is 23.3 Å². The Morgan fingerprint density at radius 2 is 2.10 bits per heavy atom. The number of hydrogen-bond acceptors (Lipinski definition) is 8. The highest BCUT2D eigenvalue weighted by atomic mass is 16.4. The van der Waals surface area contributed by atoms with Gasteiger partial charge in [-0.1, -0.05) is 19.8 Å². The number of aromatic nitrogens is 5. The molecule has 0 unspecified atom stereocenters. The molecule has 0 aliphatic rings. The number of aliphatic hydroxyl groups is 1. The van der Waals surface area contributed by atoms with Gasteiger partial charge in [-0.3, -0.25) is 14.5 Å². The maximum absolute atomic E-state index is 10.7. The molecule has 5 N–H and O–H groups in total. The zero-order valence-corrected chi connectivity index (χ0v) is 17.2. The average Bonchev–Trinajstić information content (AvgIpc) is 3.19. The molecule has 1 atom stereocenters. The second kappa shape index (κ2) is 9.04. The first-order chi connectivity index (χ1) is 14.3. The van der Waals surface area contributed by atoms with E-state index in [2.05, 4.69) is 32.3 Å². The number of fused-ring (bicyclic) bond motifs is 1. The van der Waals surface area contributed by atoms with Gasteiger partial charge in [0.15, 0.2) is 5.82 Å². The van der Waals surface area contributed by atoms with Gasteiger partial charge in [0, 0.05) is 23.5 Å². The Morgan fingerprint density at radius 1 is 1.30 bits per heavy atom. The highest BCUT2D eigenvalue weighted by molar-refractivity contribution is 5.89. The average molecular weight is 413 g/mol. The molecule has 0 radical (unpaired) electrons. The molecule has 0 aliphatic carbocycles. The van der Waals surface area contributed by atoms with Crippen molar-refractivity contribution in [1.29, 1.82) is 0 Å². The van der Waals surface area contributed by atoms with Gasteiger partial charge in [-0.15, -0.1) is 0 Å². The van der Waals surface area contributed by atoms with E-state index in [0.717, 1.165) is 30.4 Å². The van der Waals surface area contributed by atoms with E-state index in [9.17, 15) is 9.90 Å². The van der Waals surface area contributed by atoms with Crippen molar-refractivity contribution >= 4 is 28.8 Å². The fraction of sp³-hybridized carbons (Fsp3) is 0.450. The van der Waals surface area contributed by atoms with Gasteiger partial charge < -0.3 is 21.3 Å². The van der Waals surface area contributed by atoms with Crippen molar-refractivity contribution in [3.8, 4) is 11.1 Å². The summed E-state index contributed by atoms with van der Waals surface area (Å²) in [6, 6.07) is 1.84. The molecule has 0 saturated carbocycles. The van der Waals surface area contributed by atoms with E-state index in [1.165, 1.54) is 0 Å². The van der Waals surface area contributed by atoms with Crippen molar-refractivity contribution in [3.63, 3.8) is 0 Å². The van der Waals surface area contributed by atoms with Crippen LogP contribution in [0.25, 0.3) is 22.2 Å². The second-order valence-electron chi connectivity index (χ2n) is 7.61. The number of nitrogens with two attached hydrogens (primary N) is 1. The molecule has 30 heavy (non-hydrogen) atoms. The first-order valence-electron chi connectivity index (χ1n) is 9.90. The topological polar surface area (TPSA) is 152 Å². The van der Waals surface area contributed by atoms with Crippen LogP contribution in [0.5, 0.6) is 0 Å². The van der Waals surface area contributed by atoms with Crippen LogP contribution in [0.2, 0.25) is 0 Å². The Morgan fingerprint density at radius 3 is 2.80 bits per heavy atom. The first kappa shape index (κ1) is 21.4. The number of rotatable bonds is 10. The quantitative estimate of drug-likeness (QED) is 0.392. The molecule has 3 rings (SSSR count). The van der Waals surface area contributed by atoms with Crippen LogP contribution in [0, 0.1) is 0 Å². The summed E-state index contributed by atoms with van der Waals surface area (Å²) >= 11 is 0. The Labute approximate surface area is 174 Å². The summed E-state index contributed by atoms with van der Waals surface area (Å²) in [4.78, 5) is 23.9. The molecule has 0 fully saturated rings. The van der Waals surface area contributed by atoms with Gasteiger partial charge in [-0.05, 0) is 19.4 Å². The van der Waals surface area contributed by atoms with Gasteiger partial charge in [-0.25, -0.2) is 4.98 Å². The third kappa shape index (κ3) is 5.01. The van der Waals surface area contributed by atoms with Crippen LogP contribution in [0.1, 0.15) is 39.5 Å². The maximum atomic E-state index is 10.7. The Balaban J connectivity index is 1.91. The van der Waals surface area contributed by atoms with Crippen LogP contribution in [0.15, 0.2) is 24.7 Å². The summed E-state index contributed by atoms with van der Waals surface area (Å²) in [6.07, 6.45) is 7.87. The van der Waals surface area contributed by atoms with E-state index < -0.39 is 11.5 Å². The van der Waals surface area contributed by atoms with Crippen molar-refractivity contribution in [1.82, 2.24) is 24.7 Å². The standard InChI is InChI=1S/C20H27N7O3/c1-3-4-6-20(2,12-28)26-18-17-15(24-19(21)25-18)8-13(9-22-17)14-10-23-27(11-14)7-5-16(29)30/h8-11,28H,3-7,12H2,1-2H3,(H,29,30)(H3,21,24,25,26)/t20-/m1/s1. The van der Waals surface area contributed by atoms with Gasteiger partial charge in [0.05, 0.1) is 36.8 Å². The first-order valence-corrected chi connectivity index (χ1v) is 9.90. The molecular weight excluding hydrogens is 386 g/mol. The number of nitrogen functional groups attached to an aromatic ring is 1. The lowest BCUT2D eigenvalue weighted by atomic mass is 9.96. The van der Waals surface area contributed by atoms with Gasteiger partial charge in [0.2, 0.25) is 5.95 Å². The van der Waals surface area contributed by atoms with Crippen molar-refractivity contribution in [3.05, 3.63) is 24.7 Å². The van der Waals surface area contributed by atoms with E-state index >= 15 is 0 Å². The molecule has 3 heterocycles. The maximum Gasteiger partial charge on any atom is 0.305 e. The lowest BCUT2D eigenvalue weighted by Crippen LogP contribution is -2.39. The number of aliphatic carboxylic acids is 1. The molecule has 0 saturated heterocycles. The fourth-order valence-corrected chi connectivity index (χ4v) is 3.16. The van der Waals surface area contributed by atoms with Crippen LogP contribution in [0.4, 0.5) is 11.8 Å². The number of hydrogen-bond donors (Lipinski definition) is 4. The summed E-state index contributed by atoms with van der Waals surface area (Å²) in [7, 11) is 0. The van der Waals surface area contributed by atoms with Crippen molar-refractivity contribution in [2.24, 2.45) is 0 Å². The lowest BCUT2D eigenvalue weighted by Gasteiger charge is -2.29. The number of unbranched alkanes of at least 4 members (excludes halogenated alkanes) is 1. The van der Waals surface area contributed by atoms with Crippen molar-refractivity contribution in [2.45, 2.75) is 51.6 Å². The lowest BCUT2D eigenvalue weighted by molar-refractivity contribution is -0.137. The number of nitrogens with one attached hydrogen (secondary N) is 1. The van der Waals surface area contributed by atoms with E-state index in [4.69, 9.17) is 10.8 Å². The third-order valence-corrected chi connectivity index (χ3v) is 4.93. The van der Waals surface area contributed by atoms with E-state index in [1.807, 2.05) is 13.0 Å². The van der Waals surface area contributed by atoms with Crippen molar-refractivity contribution < 1.29 is 15.0 Å². The number of pyridine rings is 1. The minimum atomic E-state index is -0.875. The van der Waals surface area contributed by atoms with Gasteiger partial charge in [0.1, 0.15) is 5.52 Å². The van der Waals surface area contributed by atoms with Gasteiger partial charge in [-0.2, -0.15) is 10.1 Å². The molecule has 10 heteroatoms. The van der Waals surface area contributed by atoms with E-state index in [-0.39, 0.29) is 25.5 Å². The van der Waals surface area contributed by atoms with Crippen molar-refractivity contribution in [2.75, 3.05) is 17.7 Å². The van der Waals surface area contributed by atoms with E-state index in [0.29, 0.717) is 16.9 Å². The molecule has 0 aromatic carbocycles. The summed E-state index contributed by atoms with van der Waals surface area (Å²) in [5.74, 6) is -0.286. The summed E-state index contributed by atoms with van der Waals surface area (Å²) in [6.45, 7) is 4.28. The molecule has 10 nitrogen and oxygen atoms in total. The SMILES string of the molecule is CCCC[C@](C)(CO)Nc1nc(N)nc2cc(-c3cnn(CCC(=O)O)c3)cnc12. The number of carboxylic acids is 1. The summed E-state index contributed by atoms with van der Waals surface area (Å²) in [5, 5.41) is 26.2. The summed E-state index contributed by atoms with van der Waals surface area (Å²) < 4.78 is 1.58. The highest BCUT2D eigenvalue weighted by Crippen LogP contribution is 2.28. The number of aliphatic hydroxyl groups excluding tert-OH is 1. The smallest absolute Gasteiger partial charge is 0.305 e. The zero-order valence-electron chi connectivity index (χ0n) is 17.2. The number of aryl methyl sites for hydroxylation is 1. The third-order valence-electron chi connectivity index (χ3n) is 4.93. The molecule has 0 aliphatic heterocycles. The zero-order chi connectivity index (χ0) is 21.7. The Bertz CT molecular complexity index is 1040. The predicted octanol–water partition coefficient (Wildman–Crippen LogP) is 2.30. The highest BCUT2D eigenvalue weighted by Gasteiger charge is 2.24. The largest absolute Gasteiger partial charge is 0.481 e. The minimum Gasteiger partial charge on any atom is -0.481 e. The molecule has 0 amide bonds. The number of nitrogens with zero attached hydrogens (tertiary/aromatic N) is 5. The summed E-state index contributed by atoms with van der Waals surface area (Å²) in [5.41, 5.74) is 8.08. The van der Waals surface area contributed by atoms with Gasteiger partial charge >= 0.3 is 5.97 Å². The normalized spacial score (nSPS) is 13.3. The second-order valence-corrected chi connectivity index (χ2v) is 7.61. The predicted molar refractivity (Wildman–Crippen MR) is 114 cm³/mol. The van der Waals surface area contributed by atoms with Gasteiger partial charge in [0.25, 0.3) is 0 Å². The molecular formula is C20H27N7O3. The fourth-order valence-electron chi connectivity index (χ4n) is 3.16. The minimum absolute atomic E-state index is 0.00245. The van der Waals surface area contributed by atoms with Crippen LogP contribution in [0.3, 0.4) is 0 Å². The molecule has 3 aromatic heterocycles. The Hall–Kier alpha value is -3.27. The van der Waals surface area contributed by atoms with Crippen LogP contribution in [-0.4, -0.2) is 53.1 Å². The molecule has 160 valence electrons. The monoisotopic (exact) mass is 413 g/mol.